The van der Waals surface area contributed by atoms with Crippen LogP contribution in [0.15, 0.2) is 0 Å². The highest BCUT2D eigenvalue weighted by Crippen LogP contribution is 2.25. The first kappa shape index (κ1) is 10.0. The van der Waals surface area contributed by atoms with Crippen molar-refractivity contribution in [3.8, 4) is 0 Å². The fourth-order valence-electron chi connectivity index (χ4n) is 1.19. The normalized spacial score (nSPS) is 14.7. The molecule has 10 heavy (non-hydrogen) atoms. The lowest BCUT2D eigenvalue weighted by Crippen LogP contribution is -2.11. The van der Waals surface area contributed by atoms with Crippen LogP contribution >= 0.6 is 0 Å². The van der Waals surface area contributed by atoms with E-state index in [4.69, 9.17) is 0 Å². The summed E-state index contributed by atoms with van der Waals surface area (Å²) >= 11 is 0. The van der Waals surface area contributed by atoms with Crippen molar-refractivity contribution in [2.75, 3.05) is 0 Å². The van der Waals surface area contributed by atoms with Crippen LogP contribution in [-0.2, 0) is 0 Å². The third-order valence-corrected chi connectivity index (χ3v) is 2.42. The van der Waals surface area contributed by atoms with Gasteiger partial charge in [0, 0.05) is 0 Å². The standard InChI is InChI=1S/C10H21/c1-6-7-9(4)10(5)8(2)3/h8,10H,6-7H2,1-5H3. The molecule has 0 heteroatoms. The SMILES string of the molecule is CCC[C](C)C(C)C(C)C. The molecule has 0 rings (SSSR count). The molecule has 1 unspecified atom stereocenters. The Morgan fingerprint density at radius 1 is 1.20 bits per heavy atom. The lowest BCUT2D eigenvalue weighted by atomic mass is 9.84. The van der Waals surface area contributed by atoms with Gasteiger partial charge in [-0.15, -0.1) is 0 Å². The summed E-state index contributed by atoms with van der Waals surface area (Å²) < 4.78 is 0. The minimum Gasteiger partial charge on any atom is -0.0654 e. The molecule has 0 aliphatic rings. The molecule has 0 aliphatic heterocycles. The molecule has 1 atom stereocenters. The topological polar surface area (TPSA) is 0 Å². The second-order valence-corrected chi connectivity index (χ2v) is 3.63. The molecule has 0 bridgehead atoms. The molecular formula is C10H21. The van der Waals surface area contributed by atoms with Crippen molar-refractivity contribution in [3.05, 3.63) is 5.92 Å². The Labute approximate surface area is 66.0 Å². The van der Waals surface area contributed by atoms with Gasteiger partial charge in [0.25, 0.3) is 0 Å². The Morgan fingerprint density at radius 3 is 2.00 bits per heavy atom. The van der Waals surface area contributed by atoms with E-state index in [0.717, 1.165) is 11.8 Å². The second kappa shape index (κ2) is 4.76. The summed E-state index contributed by atoms with van der Waals surface area (Å²) in [6, 6.07) is 0. The maximum Gasteiger partial charge on any atom is -0.0241 e. The van der Waals surface area contributed by atoms with Crippen LogP contribution in [0.5, 0.6) is 0 Å². The zero-order valence-corrected chi connectivity index (χ0v) is 8.07. The van der Waals surface area contributed by atoms with Crippen LogP contribution in [-0.4, -0.2) is 0 Å². The van der Waals surface area contributed by atoms with Crippen molar-refractivity contribution in [3.63, 3.8) is 0 Å². The molecule has 0 spiro atoms. The average Bonchev–Trinajstić information content (AvgIpc) is 1.87. The third kappa shape index (κ3) is 3.24. The number of hydrogen-bond donors (Lipinski definition) is 0. The molecule has 0 aliphatic carbocycles. The van der Waals surface area contributed by atoms with Gasteiger partial charge in [-0.3, -0.25) is 0 Å². The van der Waals surface area contributed by atoms with Gasteiger partial charge in [-0.1, -0.05) is 41.0 Å². The van der Waals surface area contributed by atoms with Gasteiger partial charge in [0.2, 0.25) is 0 Å². The predicted octanol–water partition coefficient (Wildman–Crippen LogP) is 3.67. The largest absolute Gasteiger partial charge is 0.0654 e. The van der Waals surface area contributed by atoms with Crippen LogP contribution in [0, 0.1) is 17.8 Å². The van der Waals surface area contributed by atoms with E-state index in [2.05, 4.69) is 34.6 Å². The fourth-order valence-corrected chi connectivity index (χ4v) is 1.19. The molecule has 0 nitrogen and oxygen atoms in total. The molecule has 0 aromatic carbocycles. The minimum absolute atomic E-state index is 0.806. The summed E-state index contributed by atoms with van der Waals surface area (Å²) in [6.45, 7) is 11.5. The van der Waals surface area contributed by atoms with Gasteiger partial charge in [0.1, 0.15) is 0 Å². The maximum atomic E-state index is 2.33. The Bertz CT molecular complexity index is 74.1. The van der Waals surface area contributed by atoms with Crippen molar-refractivity contribution in [1.29, 1.82) is 0 Å². The molecule has 0 aromatic rings. The van der Waals surface area contributed by atoms with Gasteiger partial charge in [-0.05, 0) is 24.2 Å². The van der Waals surface area contributed by atoms with E-state index in [1.54, 1.807) is 5.92 Å². The van der Waals surface area contributed by atoms with Gasteiger partial charge >= 0.3 is 0 Å². The molecule has 61 valence electrons. The molecule has 0 amide bonds. The summed E-state index contributed by atoms with van der Waals surface area (Å²) in [6.07, 6.45) is 2.60. The molecule has 0 N–H and O–H groups in total. The summed E-state index contributed by atoms with van der Waals surface area (Å²) in [5, 5.41) is 0. The summed E-state index contributed by atoms with van der Waals surface area (Å²) in [7, 11) is 0. The van der Waals surface area contributed by atoms with Gasteiger partial charge in [0.05, 0.1) is 0 Å². The van der Waals surface area contributed by atoms with Crippen LogP contribution in [0.3, 0.4) is 0 Å². The Hall–Kier alpha value is 0. The fraction of sp³-hybridized carbons (Fsp3) is 0.900. The minimum atomic E-state index is 0.806. The molecule has 0 saturated carbocycles. The molecular weight excluding hydrogens is 120 g/mol. The van der Waals surface area contributed by atoms with E-state index in [1.807, 2.05) is 0 Å². The first-order valence-electron chi connectivity index (χ1n) is 4.41. The maximum absolute atomic E-state index is 2.33. The Kier molecular flexibility index (Phi) is 4.76. The molecule has 0 fully saturated rings. The van der Waals surface area contributed by atoms with Crippen molar-refractivity contribution >= 4 is 0 Å². The first-order chi connectivity index (χ1) is 4.59. The summed E-state index contributed by atoms with van der Waals surface area (Å²) in [5.74, 6) is 3.28. The monoisotopic (exact) mass is 141 g/mol. The number of rotatable bonds is 4. The van der Waals surface area contributed by atoms with E-state index < -0.39 is 0 Å². The smallest absolute Gasteiger partial charge is 0.0241 e. The van der Waals surface area contributed by atoms with Crippen LogP contribution in [0.25, 0.3) is 0 Å². The predicted molar refractivity (Wildman–Crippen MR) is 47.8 cm³/mol. The molecule has 0 saturated heterocycles. The molecule has 0 heterocycles. The van der Waals surface area contributed by atoms with E-state index in [0.29, 0.717) is 0 Å². The highest BCUT2D eigenvalue weighted by atomic mass is 14.2. The van der Waals surface area contributed by atoms with Gasteiger partial charge in [-0.2, -0.15) is 0 Å². The zero-order valence-electron chi connectivity index (χ0n) is 8.07. The first-order valence-corrected chi connectivity index (χ1v) is 4.41. The molecule has 1 radical (unpaired) electrons. The van der Waals surface area contributed by atoms with Crippen LogP contribution in [0.2, 0.25) is 0 Å². The molecule has 0 aromatic heterocycles. The lowest BCUT2D eigenvalue weighted by molar-refractivity contribution is 0.415. The number of hydrogen-bond acceptors (Lipinski definition) is 0. The van der Waals surface area contributed by atoms with Gasteiger partial charge < -0.3 is 0 Å². The highest BCUT2D eigenvalue weighted by molar-refractivity contribution is 4.90. The van der Waals surface area contributed by atoms with Crippen molar-refractivity contribution < 1.29 is 0 Å². The van der Waals surface area contributed by atoms with Crippen LogP contribution in [0.4, 0.5) is 0 Å². The quantitative estimate of drug-likeness (QED) is 0.560. The summed E-state index contributed by atoms with van der Waals surface area (Å²) in [4.78, 5) is 0. The van der Waals surface area contributed by atoms with E-state index in [-0.39, 0.29) is 0 Å². The Morgan fingerprint density at radius 2 is 1.70 bits per heavy atom. The van der Waals surface area contributed by atoms with Gasteiger partial charge in [0.15, 0.2) is 0 Å². The van der Waals surface area contributed by atoms with E-state index in [1.165, 1.54) is 12.8 Å². The lowest BCUT2D eigenvalue weighted by Gasteiger charge is -2.22. The average molecular weight is 141 g/mol. The second-order valence-electron chi connectivity index (χ2n) is 3.63. The Balaban J connectivity index is 3.58. The highest BCUT2D eigenvalue weighted by Gasteiger charge is 2.14. The van der Waals surface area contributed by atoms with Crippen molar-refractivity contribution in [2.45, 2.75) is 47.5 Å². The van der Waals surface area contributed by atoms with E-state index in [9.17, 15) is 0 Å². The van der Waals surface area contributed by atoms with Gasteiger partial charge in [-0.25, -0.2) is 0 Å². The van der Waals surface area contributed by atoms with Crippen molar-refractivity contribution in [1.82, 2.24) is 0 Å². The van der Waals surface area contributed by atoms with Crippen LogP contribution < -0.4 is 0 Å². The van der Waals surface area contributed by atoms with Crippen molar-refractivity contribution in [2.24, 2.45) is 11.8 Å². The van der Waals surface area contributed by atoms with Crippen LogP contribution in [0.1, 0.15) is 47.5 Å². The zero-order chi connectivity index (χ0) is 8.15. The van der Waals surface area contributed by atoms with E-state index >= 15 is 0 Å². The summed E-state index contributed by atoms with van der Waals surface area (Å²) in [5.41, 5.74) is 0. The third-order valence-electron chi connectivity index (χ3n) is 2.42.